The van der Waals surface area contributed by atoms with Crippen molar-refractivity contribution in [1.29, 1.82) is 0 Å². The summed E-state index contributed by atoms with van der Waals surface area (Å²) in [6.07, 6.45) is 1.59. The van der Waals surface area contributed by atoms with Crippen LogP contribution in [0.2, 0.25) is 5.02 Å². The monoisotopic (exact) mass is 428 g/mol. The number of aromatic nitrogens is 2. The van der Waals surface area contributed by atoms with Crippen molar-refractivity contribution < 1.29 is 13.9 Å². The fraction of sp³-hybridized carbons (Fsp3) is 0.273. The predicted octanol–water partition coefficient (Wildman–Crippen LogP) is 4.28. The molecular formula is C22H22ClFN4O2. The first-order valence-electron chi connectivity index (χ1n) is 9.74. The van der Waals surface area contributed by atoms with Gasteiger partial charge in [-0.1, -0.05) is 11.6 Å². The lowest BCUT2D eigenvalue weighted by atomic mass is 10.0. The smallest absolute Gasteiger partial charge is 0.251 e. The largest absolute Gasteiger partial charge is 0.497 e. The molecule has 6 nitrogen and oxygen atoms in total. The van der Waals surface area contributed by atoms with Gasteiger partial charge in [0.15, 0.2) is 5.82 Å². The minimum Gasteiger partial charge on any atom is -0.497 e. The Morgan fingerprint density at radius 3 is 2.60 bits per heavy atom. The van der Waals surface area contributed by atoms with Crippen molar-refractivity contribution in [2.45, 2.75) is 18.9 Å². The van der Waals surface area contributed by atoms with Gasteiger partial charge in [0.1, 0.15) is 11.6 Å². The summed E-state index contributed by atoms with van der Waals surface area (Å²) < 4.78 is 18.5. The normalized spacial score (nSPS) is 14.6. The maximum Gasteiger partial charge on any atom is 0.251 e. The van der Waals surface area contributed by atoms with Crippen LogP contribution in [0.5, 0.6) is 5.75 Å². The summed E-state index contributed by atoms with van der Waals surface area (Å²) in [5, 5.41) is 10.5. The van der Waals surface area contributed by atoms with E-state index in [0.29, 0.717) is 5.56 Å². The molecule has 1 fully saturated rings. The first-order chi connectivity index (χ1) is 14.5. The van der Waals surface area contributed by atoms with Crippen LogP contribution in [0.15, 0.2) is 48.5 Å². The number of hydrogen-bond donors (Lipinski definition) is 2. The highest BCUT2D eigenvalue weighted by atomic mass is 35.5. The van der Waals surface area contributed by atoms with E-state index in [1.165, 1.54) is 18.2 Å². The molecule has 1 aliphatic heterocycles. The van der Waals surface area contributed by atoms with E-state index in [2.05, 4.69) is 20.4 Å². The topological polar surface area (TPSA) is 70.2 Å². The molecule has 0 atom stereocenters. The van der Waals surface area contributed by atoms with Gasteiger partial charge >= 0.3 is 0 Å². The van der Waals surface area contributed by atoms with Gasteiger partial charge < -0.3 is 15.0 Å². The Morgan fingerprint density at radius 2 is 1.93 bits per heavy atom. The minimum atomic E-state index is -0.533. The van der Waals surface area contributed by atoms with Crippen molar-refractivity contribution in [2.75, 3.05) is 25.1 Å². The van der Waals surface area contributed by atoms with E-state index in [0.717, 1.165) is 48.8 Å². The average molecular weight is 429 g/mol. The number of anilines is 1. The summed E-state index contributed by atoms with van der Waals surface area (Å²) >= 11 is 5.77. The maximum absolute atomic E-state index is 13.3. The molecule has 0 spiro atoms. The number of ether oxygens (including phenoxy) is 1. The number of methoxy groups -OCH3 is 1. The van der Waals surface area contributed by atoms with E-state index in [-0.39, 0.29) is 17.0 Å². The Kier molecular flexibility index (Phi) is 5.90. The van der Waals surface area contributed by atoms with Crippen LogP contribution in [-0.4, -0.2) is 42.3 Å². The molecule has 1 amide bonds. The molecule has 156 valence electrons. The van der Waals surface area contributed by atoms with Gasteiger partial charge in [-0.15, -0.1) is 0 Å². The van der Waals surface area contributed by atoms with Gasteiger partial charge in [0.25, 0.3) is 5.91 Å². The van der Waals surface area contributed by atoms with E-state index >= 15 is 0 Å². The van der Waals surface area contributed by atoms with Crippen molar-refractivity contribution in [3.05, 3.63) is 64.9 Å². The van der Waals surface area contributed by atoms with Crippen molar-refractivity contribution in [3.8, 4) is 17.0 Å². The molecule has 30 heavy (non-hydrogen) atoms. The van der Waals surface area contributed by atoms with Gasteiger partial charge in [0.05, 0.1) is 17.8 Å². The van der Waals surface area contributed by atoms with Crippen molar-refractivity contribution in [1.82, 2.24) is 15.5 Å². The number of carbonyl (C=O) groups is 1. The molecular weight excluding hydrogens is 407 g/mol. The van der Waals surface area contributed by atoms with Gasteiger partial charge in [-0.25, -0.2) is 4.39 Å². The predicted molar refractivity (Wildman–Crippen MR) is 115 cm³/mol. The Hall–Kier alpha value is -3.06. The van der Waals surface area contributed by atoms with Crippen molar-refractivity contribution >= 4 is 23.3 Å². The van der Waals surface area contributed by atoms with Crippen LogP contribution in [0.4, 0.5) is 10.2 Å². The molecule has 0 aliphatic carbocycles. The Balaban J connectivity index is 1.33. The number of benzene rings is 2. The van der Waals surface area contributed by atoms with E-state index in [4.69, 9.17) is 16.3 Å². The Labute approximate surface area is 179 Å². The number of rotatable bonds is 5. The summed E-state index contributed by atoms with van der Waals surface area (Å²) in [4.78, 5) is 14.6. The van der Waals surface area contributed by atoms with E-state index in [1.807, 2.05) is 30.3 Å². The number of amides is 1. The molecule has 1 saturated heterocycles. The van der Waals surface area contributed by atoms with Crippen molar-refractivity contribution in [2.24, 2.45) is 0 Å². The van der Waals surface area contributed by atoms with Gasteiger partial charge in [-0.2, -0.15) is 5.10 Å². The highest BCUT2D eigenvalue weighted by Crippen LogP contribution is 2.26. The second kappa shape index (κ2) is 8.75. The van der Waals surface area contributed by atoms with Gasteiger partial charge in [-0.3, -0.25) is 9.89 Å². The van der Waals surface area contributed by atoms with Crippen molar-refractivity contribution in [3.63, 3.8) is 0 Å². The standard InChI is InChI=1S/C22H22ClFN4O2/c1-30-17-5-2-14(3-6-17)20-13-21(27-26-20)28-10-8-16(9-11-28)25-22(29)15-4-7-19(24)18(23)12-15/h2-7,12-13,16H,8-11H2,1H3,(H,25,29)(H,26,27). The second-order valence-electron chi connectivity index (χ2n) is 7.23. The first-order valence-corrected chi connectivity index (χ1v) is 10.1. The number of aromatic amines is 1. The zero-order valence-corrected chi connectivity index (χ0v) is 17.2. The SMILES string of the molecule is COc1ccc(-c2cc(N3CCC(NC(=O)c4ccc(F)c(Cl)c4)CC3)n[nH]2)cc1. The average Bonchev–Trinajstić information content (AvgIpc) is 3.26. The molecule has 1 aliphatic rings. The molecule has 1 aromatic heterocycles. The summed E-state index contributed by atoms with van der Waals surface area (Å²) in [5.41, 5.74) is 2.34. The number of piperidine rings is 1. The molecule has 8 heteroatoms. The molecule has 2 N–H and O–H groups in total. The first kappa shape index (κ1) is 20.2. The number of carbonyl (C=O) groups excluding carboxylic acids is 1. The number of nitrogens with one attached hydrogen (secondary N) is 2. The van der Waals surface area contributed by atoms with E-state index in [1.54, 1.807) is 7.11 Å². The lowest BCUT2D eigenvalue weighted by Crippen LogP contribution is -2.44. The number of halogens is 2. The molecule has 0 radical (unpaired) electrons. The molecule has 2 heterocycles. The second-order valence-corrected chi connectivity index (χ2v) is 7.64. The van der Waals surface area contributed by atoms with E-state index in [9.17, 15) is 9.18 Å². The molecule has 0 saturated carbocycles. The van der Waals surface area contributed by atoms with Crippen LogP contribution in [0.25, 0.3) is 11.3 Å². The molecule has 4 rings (SSSR count). The third-order valence-corrected chi connectivity index (χ3v) is 5.59. The third-order valence-electron chi connectivity index (χ3n) is 5.30. The molecule has 0 bridgehead atoms. The summed E-state index contributed by atoms with van der Waals surface area (Å²) in [5.74, 6) is 0.924. The van der Waals surface area contributed by atoms with Gasteiger partial charge in [0.2, 0.25) is 0 Å². The zero-order chi connectivity index (χ0) is 21.1. The van der Waals surface area contributed by atoms with Crippen LogP contribution in [0.3, 0.4) is 0 Å². The van der Waals surface area contributed by atoms with Gasteiger partial charge in [0, 0.05) is 30.8 Å². The molecule has 3 aromatic rings. The number of nitrogens with zero attached hydrogens (tertiary/aromatic N) is 2. The van der Waals surface area contributed by atoms with E-state index < -0.39 is 5.82 Å². The quantitative estimate of drug-likeness (QED) is 0.636. The fourth-order valence-corrected chi connectivity index (χ4v) is 3.73. The molecule has 2 aromatic carbocycles. The van der Waals surface area contributed by atoms with Gasteiger partial charge in [-0.05, 0) is 60.9 Å². The summed E-state index contributed by atoms with van der Waals surface area (Å²) in [6, 6.07) is 13.9. The zero-order valence-electron chi connectivity index (χ0n) is 16.5. The minimum absolute atomic E-state index is 0.0522. The lowest BCUT2D eigenvalue weighted by Gasteiger charge is -2.32. The third kappa shape index (κ3) is 4.41. The Morgan fingerprint density at radius 1 is 1.20 bits per heavy atom. The lowest BCUT2D eigenvalue weighted by molar-refractivity contribution is 0.0931. The molecule has 0 unspecified atom stereocenters. The van der Waals surface area contributed by atoms with Crippen LogP contribution in [0, 0.1) is 5.82 Å². The maximum atomic E-state index is 13.3. The summed E-state index contributed by atoms with van der Waals surface area (Å²) in [6.45, 7) is 1.56. The fourth-order valence-electron chi connectivity index (χ4n) is 3.55. The van der Waals surface area contributed by atoms with Crippen LogP contribution in [-0.2, 0) is 0 Å². The van der Waals surface area contributed by atoms with Crippen LogP contribution < -0.4 is 15.0 Å². The highest BCUT2D eigenvalue weighted by molar-refractivity contribution is 6.31. The Bertz CT molecular complexity index is 1030. The number of H-pyrrole nitrogens is 1. The van der Waals surface area contributed by atoms with Crippen LogP contribution in [0.1, 0.15) is 23.2 Å². The highest BCUT2D eigenvalue weighted by Gasteiger charge is 2.23. The number of hydrogen-bond acceptors (Lipinski definition) is 4. The summed E-state index contributed by atoms with van der Waals surface area (Å²) in [7, 11) is 1.64. The van der Waals surface area contributed by atoms with Crippen LogP contribution >= 0.6 is 11.6 Å².